The van der Waals surface area contributed by atoms with Gasteiger partial charge in [-0.1, -0.05) is 41.1 Å². The van der Waals surface area contributed by atoms with Crippen molar-refractivity contribution in [2.24, 2.45) is 0 Å². The summed E-state index contributed by atoms with van der Waals surface area (Å²) in [6, 6.07) is 13.1. The highest BCUT2D eigenvalue weighted by molar-refractivity contribution is 7.99. The first-order chi connectivity index (χ1) is 12.6. The fraction of sp³-hybridized carbons (Fsp3) is 0.300. The smallest absolute Gasteiger partial charge is 0.266 e. The number of hydrogen-bond donors (Lipinski definition) is 0. The first-order valence-electron chi connectivity index (χ1n) is 8.65. The number of thioether (sulfide) groups is 1. The van der Waals surface area contributed by atoms with E-state index in [2.05, 4.69) is 0 Å². The SMILES string of the molecule is Cc1ccc(-n2c(SC[C@@H]3CCCO3)nc3cc(Cl)ccc3c2=O)cc1. The van der Waals surface area contributed by atoms with Crippen LogP contribution in [0.2, 0.25) is 5.02 Å². The molecule has 0 N–H and O–H groups in total. The van der Waals surface area contributed by atoms with Crippen LogP contribution < -0.4 is 5.56 Å². The second kappa shape index (κ2) is 7.43. The summed E-state index contributed by atoms with van der Waals surface area (Å²) in [5.41, 5.74) is 2.52. The lowest BCUT2D eigenvalue weighted by molar-refractivity contribution is 0.129. The molecule has 1 fully saturated rings. The molecular formula is C20H19ClN2O2S. The molecule has 0 saturated carbocycles. The number of fused-ring (bicyclic) bond motifs is 1. The molecule has 4 rings (SSSR count). The number of halogens is 1. The maximum absolute atomic E-state index is 13.2. The van der Waals surface area contributed by atoms with Crippen molar-refractivity contribution < 1.29 is 4.74 Å². The molecule has 0 aliphatic carbocycles. The van der Waals surface area contributed by atoms with Crippen LogP contribution >= 0.6 is 23.4 Å². The van der Waals surface area contributed by atoms with Crippen molar-refractivity contribution in [1.82, 2.24) is 9.55 Å². The summed E-state index contributed by atoms with van der Waals surface area (Å²) in [4.78, 5) is 17.9. The zero-order valence-corrected chi connectivity index (χ0v) is 16.0. The van der Waals surface area contributed by atoms with E-state index in [0.29, 0.717) is 21.1 Å². The van der Waals surface area contributed by atoms with E-state index in [1.165, 1.54) is 0 Å². The summed E-state index contributed by atoms with van der Waals surface area (Å²) < 4.78 is 7.41. The van der Waals surface area contributed by atoms with E-state index in [-0.39, 0.29) is 11.7 Å². The van der Waals surface area contributed by atoms with E-state index in [4.69, 9.17) is 21.3 Å². The molecule has 3 aromatic rings. The molecule has 2 heterocycles. The second-order valence-corrected chi connectivity index (χ2v) is 7.90. The Bertz CT molecular complexity index is 995. The van der Waals surface area contributed by atoms with Crippen LogP contribution in [0.15, 0.2) is 52.4 Å². The second-order valence-electron chi connectivity index (χ2n) is 6.48. The van der Waals surface area contributed by atoms with Crippen molar-refractivity contribution >= 4 is 34.3 Å². The lowest BCUT2D eigenvalue weighted by Crippen LogP contribution is -2.22. The molecule has 0 amide bonds. The van der Waals surface area contributed by atoms with Gasteiger partial charge in [-0.2, -0.15) is 0 Å². The van der Waals surface area contributed by atoms with Crippen molar-refractivity contribution in [3.8, 4) is 5.69 Å². The predicted octanol–water partition coefficient (Wildman–Crippen LogP) is 4.62. The van der Waals surface area contributed by atoms with Crippen molar-refractivity contribution in [2.75, 3.05) is 12.4 Å². The standard InChI is InChI=1S/C20H19ClN2O2S/c1-13-4-7-15(8-5-13)23-19(24)17-9-6-14(21)11-18(17)22-20(23)26-12-16-3-2-10-25-16/h4-9,11,16H,2-3,10,12H2,1H3/t16-/m0/s1. The summed E-state index contributed by atoms with van der Waals surface area (Å²) in [6.07, 6.45) is 2.37. The van der Waals surface area contributed by atoms with Gasteiger partial charge in [0.2, 0.25) is 0 Å². The minimum Gasteiger partial charge on any atom is -0.377 e. The van der Waals surface area contributed by atoms with Gasteiger partial charge in [0.25, 0.3) is 5.56 Å². The van der Waals surface area contributed by atoms with Crippen LogP contribution in [0.25, 0.3) is 16.6 Å². The van der Waals surface area contributed by atoms with Crippen molar-refractivity contribution in [2.45, 2.75) is 31.0 Å². The Morgan fingerprint density at radius 2 is 2.08 bits per heavy atom. The Balaban J connectivity index is 1.83. The molecule has 0 radical (unpaired) electrons. The molecule has 2 aromatic carbocycles. The average molecular weight is 387 g/mol. The zero-order valence-electron chi connectivity index (χ0n) is 14.4. The van der Waals surface area contributed by atoms with Crippen molar-refractivity contribution in [1.29, 1.82) is 0 Å². The van der Waals surface area contributed by atoms with Gasteiger partial charge in [0.05, 0.1) is 22.7 Å². The highest BCUT2D eigenvalue weighted by Gasteiger charge is 2.19. The molecule has 1 aromatic heterocycles. The molecule has 134 valence electrons. The van der Waals surface area contributed by atoms with Crippen LogP contribution in [0, 0.1) is 6.92 Å². The Labute approximate surface area is 161 Å². The van der Waals surface area contributed by atoms with E-state index in [1.807, 2.05) is 31.2 Å². The van der Waals surface area contributed by atoms with Gasteiger partial charge in [0.1, 0.15) is 0 Å². The number of hydrogen-bond acceptors (Lipinski definition) is 4. The Morgan fingerprint density at radius 1 is 1.27 bits per heavy atom. The predicted molar refractivity (Wildman–Crippen MR) is 107 cm³/mol. The van der Waals surface area contributed by atoms with Crippen LogP contribution in [0.4, 0.5) is 0 Å². The molecule has 0 bridgehead atoms. The average Bonchev–Trinajstić information content (AvgIpc) is 3.14. The maximum Gasteiger partial charge on any atom is 0.266 e. The highest BCUT2D eigenvalue weighted by atomic mass is 35.5. The minimum absolute atomic E-state index is 0.0784. The van der Waals surface area contributed by atoms with Crippen molar-refractivity contribution in [3.63, 3.8) is 0 Å². The molecule has 6 heteroatoms. The third kappa shape index (κ3) is 3.52. The molecule has 26 heavy (non-hydrogen) atoms. The van der Waals surface area contributed by atoms with Gasteiger partial charge < -0.3 is 4.74 Å². The van der Waals surface area contributed by atoms with Crippen LogP contribution in [0.3, 0.4) is 0 Å². The quantitative estimate of drug-likeness (QED) is 0.484. The van der Waals surface area contributed by atoms with Gasteiger partial charge in [-0.25, -0.2) is 4.98 Å². The van der Waals surface area contributed by atoms with E-state index in [1.54, 1.807) is 34.5 Å². The first kappa shape index (κ1) is 17.6. The molecule has 1 aliphatic rings. The van der Waals surface area contributed by atoms with Crippen LogP contribution in [-0.2, 0) is 4.74 Å². The van der Waals surface area contributed by atoms with Gasteiger partial charge in [-0.3, -0.25) is 9.36 Å². The van der Waals surface area contributed by atoms with Crippen LogP contribution in [-0.4, -0.2) is 28.0 Å². The molecule has 1 aliphatic heterocycles. The number of nitrogens with zero attached hydrogens (tertiary/aromatic N) is 2. The highest BCUT2D eigenvalue weighted by Crippen LogP contribution is 2.26. The molecule has 4 nitrogen and oxygen atoms in total. The molecule has 1 atom stereocenters. The Hall–Kier alpha value is -1.82. The third-order valence-corrected chi connectivity index (χ3v) is 5.82. The van der Waals surface area contributed by atoms with Crippen LogP contribution in [0.5, 0.6) is 0 Å². The number of aryl methyl sites for hydroxylation is 1. The number of benzene rings is 2. The minimum atomic E-state index is -0.0784. The Morgan fingerprint density at radius 3 is 2.81 bits per heavy atom. The summed E-state index contributed by atoms with van der Waals surface area (Å²) in [7, 11) is 0. The number of ether oxygens (including phenoxy) is 1. The Kier molecular flexibility index (Phi) is 5.02. The fourth-order valence-corrected chi connectivity index (χ4v) is 4.34. The fourth-order valence-electron chi connectivity index (χ4n) is 3.10. The topological polar surface area (TPSA) is 44.1 Å². The van der Waals surface area contributed by atoms with Gasteiger partial charge in [-0.15, -0.1) is 0 Å². The first-order valence-corrected chi connectivity index (χ1v) is 10.0. The molecule has 0 unspecified atom stereocenters. The van der Waals surface area contributed by atoms with E-state index in [0.717, 1.165) is 36.5 Å². The largest absolute Gasteiger partial charge is 0.377 e. The van der Waals surface area contributed by atoms with Gasteiger partial charge in [0.15, 0.2) is 5.16 Å². The lowest BCUT2D eigenvalue weighted by Gasteiger charge is -2.15. The summed E-state index contributed by atoms with van der Waals surface area (Å²) in [6.45, 7) is 2.84. The molecular weight excluding hydrogens is 368 g/mol. The normalized spacial score (nSPS) is 17.1. The van der Waals surface area contributed by atoms with Gasteiger partial charge in [-0.05, 0) is 50.1 Å². The number of rotatable bonds is 4. The van der Waals surface area contributed by atoms with E-state index in [9.17, 15) is 4.79 Å². The van der Waals surface area contributed by atoms with Gasteiger partial charge in [0, 0.05) is 17.4 Å². The monoisotopic (exact) mass is 386 g/mol. The summed E-state index contributed by atoms with van der Waals surface area (Å²) in [5, 5.41) is 1.81. The van der Waals surface area contributed by atoms with Gasteiger partial charge >= 0.3 is 0 Å². The summed E-state index contributed by atoms with van der Waals surface area (Å²) in [5.74, 6) is 0.782. The third-order valence-electron chi connectivity index (χ3n) is 4.52. The van der Waals surface area contributed by atoms with Crippen molar-refractivity contribution in [3.05, 3.63) is 63.4 Å². The molecule has 1 saturated heterocycles. The molecule has 0 spiro atoms. The van der Waals surface area contributed by atoms with E-state index < -0.39 is 0 Å². The van der Waals surface area contributed by atoms with Crippen LogP contribution in [0.1, 0.15) is 18.4 Å². The maximum atomic E-state index is 13.2. The lowest BCUT2D eigenvalue weighted by atomic mass is 10.2. The summed E-state index contributed by atoms with van der Waals surface area (Å²) >= 11 is 7.66. The zero-order chi connectivity index (χ0) is 18.1. The van der Waals surface area contributed by atoms with E-state index >= 15 is 0 Å². The number of aromatic nitrogens is 2.